The first-order valence-electron chi connectivity index (χ1n) is 5.74. The van der Waals surface area contributed by atoms with E-state index in [1.807, 2.05) is 32.0 Å². The van der Waals surface area contributed by atoms with E-state index < -0.39 is 12.0 Å². The number of nitrogens with one attached hydrogen (secondary N) is 1. The number of hydrogen-bond acceptors (Lipinski definition) is 3. The van der Waals surface area contributed by atoms with Crippen LogP contribution in [0.2, 0.25) is 0 Å². The normalized spacial score (nSPS) is 12.5. The highest BCUT2D eigenvalue weighted by atomic mass is 79.9. The fourth-order valence-electron chi connectivity index (χ4n) is 1.64. The molecule has 0 aliphatic rings. The number of halogens is 1. The van der Waals surface area contributed by atoms with Crippen LogP contribution in [0.4, 0.5) is 0 Å². The molecular formula is C13H18BrNO3. The minimum absolute atomic E-state index is 0.0342. The number of carboxylic acids is 1. The van der Waals surface area contributed by atoms with Crippen molar-refractivity contribution in [2.75, 3.05) is 7.11 Å². The lowest BCUT2D eigenvalue weighted by Gasteiger charge is -2.18. The summed E-state index contributed by atoms with van der Waals surface area (Å²) >= 11 is 3.44. The lowest BCUT2D eigenvalue weighted by Crippen LogP contribution is -2.40. The summed E-state index contributed by atoms with van der Waals surface area (Å²) in [5.41, 5.74) is 0.973. The molecule has 0 bridgehead atoms. The van der Waals surface area contributed by atoms with Crippen molar-refractivity contribution < 1.29 is 14.6 Å². The van der Waals surface area contributed by atoms with Gasteiger partial charge in [0.05, 0.1) is 7.11 Å². The lowest BCUT2D eigenvalue weighted by atomic mass is 10.0. The second kappa shape index (κ2) is 6.75. The maximum Gasteiger partial charge on any atom is 0.320 e. The Labute approximate surface area is 115 Å². The molecule has 0 saturated heterocycles. The zero-order valence-corrected chi connectivity index (χ0v) is 12.3. The standard InChI is InChI=1S/C13H18BrNO3/c1-8(2)12(13(16)17)15-7-9-6-10(18-3)4-5-11(9)14/h4-6,8,12,15H,7H2,1-3H3,(H,16,17)/t12-/m0/s1. The van der Waals surface area contributed by atoms with Crippen LogP contribution in [0, 0.1) is 5.92 Å². The van der Waals surface area contributed by atoms with Crippen LogP contribution >= 0.6 is 15.9 Å². The molecular weight excluding hydrogens is 298 g/mol. The number of aliphatic carboxylic acids is 1. The van der Waals surface area contributed by atoms with Crippen LogP contribution in [0.15, 0.2) is 22.7 Å². The molecule has 0 amide bonds. The Hall–Kier alpha value is -1.07. The summed E-state index contributed by atoms with van der Waals surface area (Å²) in [4.78, 5) is 11.1. The van der Waals surface area contributed by atoms with Gasteiger partial charge < -0.3 is 15.2 Å². The van der Waals surface area contributed by atoms with Crippen LogP contribution in [-0.4, -0.2) is 24.2 Å². The highest BCUT2D eigenvalue weighted by molar-refractivity contribution is 9.10. The molecule has 0 aliphatic carbocycles. The van der Waals surface area contributed by atoms with Gasteiger partial charge in [0.2, 0.25) is 0 Å². The van der Waals surface area contributed by atoms with Crippen LogP contribution < -0.4 is 10.1 Å². The first kappa shape index (κ1) is 15.0. The number of carbonyl (C=O) groups is 1. The fraction of sp³-hybridized carbons (Fsp3) is 0.462. The summed E-state index contributed by atoms with van der Waals surface area (Å²) < 4.78 is 6.08. The van der Waals surface area contributed by atoms with Crippen LogP contribution in [0.1, 0.15) is 19.4 Å². The van der Waals surface area contributed by atoms with Crippen molar-refractivity contribution in [3.8, 4) is 5.75 Å². The van der Waals surface area contributed by atoms with Gasteiger partial charge in [-0.25, -0.2) is 0 Å². The van der Waals surface area contributed by atoms with Gasteiger partial charge in [-0.1, -0.05) is 29.8 Å². The van der Waals surface area contributed by atoms with Crippen molar-refractivity contribution in [3.05, 3.63) is 28.2 Å². The molecule has 1 aromatic rings. The van der Waals surface area contributed by atoms with E-state index in [9.17, 15) is 4.79 Å². The van der Waals surface area contributed by atoms with E-state index in [2.05, 4.69) is 21.2 Å². The smallest absolute Gasteiger partial charge is 0.320 e. The van der Waals surface area contributed by atoms with Gasteiger partial charge in [0.1, 0.15) is 11.8 Å². The first-order chi connectivity index (χ1) is 8.45. The molecule has 2 N–H and O–H groups in total. The van der Waals surface area contributed by atoms with E-state index in [4.69, 9.17) is 9.84 Å². The van der Waals surface area contributed by atoms with E-state index in [-0.39, 0.29) is 5.92 Å². The monoisotopic (exact) mass is 315 g/mol. The topological polar surface area (TPSA) is 58.6 Å². The summed E-state index contributed by atoms with van der Waals surface area (Å²) in [5.74, 6) is -0.0395. The van der Waals surface area contributed by atoms with Crippen molar-refractivity contribution in [2.24, 2.45) is 5.92 Å². The van der Waals surface area contributed by atoms with Crippen molar-refractivity contribution in [3.63, 3.8) is 0 Å². The van der Waals surface area contributed by atoms with Crippen LogP contribution in [0.25, 0.3) is 0 Å². The molecule has 0 unspecified atom stereocenters. The molecule has 1 rings (SSSR count). The second-order valence-corrected chi connectivity index (χ2v) is 5.25. The van der Waals surface area contributed by atoms with Gasteiger partial charge >= 0.3 is 5.97 Å². The molecule has 0 heterocycles. The Bertz CT molecular complexity index is 421. The highest BCUT2D eigenvalue weighted by Crippen LogP contribution is 2.22. The zero-order chi connectivity index (χ0) is 13.7. The molecule has 100 valence electrons. The van der Waals surface area contributed by atoms with Crippen LogP contribution in [0.3, 0.4) is 0 Å². The molecule has 5 heteroatoms. The Morgan fingerprint density at radius 3 is 2.67 bits per heavy atom. The van der Waals surface area contributed by atoms with Crippen LogP contribution in [-0.2, 0) is 11.3 Å². The number of methoxy groups -OCH3 is 1. The molecule has 1 aromatic carbocycles. The number of benzene rings is 1. The summed E-state index contributed by atoms with van der Waals surface area (Å²) in [5, 5.41) is 12.1. The molecule has 0 radical (unpaired) electrons. The van der Waals surface area contributed by atoms with Gasteiger partial charge in [0.15, 0.2) is 0 Å². The molecule has 0 fully saturated rings. The third kappa shape index (κ3) is 3.99. The molecule has 0 aromatic heterocycles. The summed E-state index contributed by atoms with van der Waals surface area (Å²) in [6, 6.07) is 5.07. The molecule has 1 atom stereocenters. The minimum atomic E-state index is -0.830. The Balaban J connectivity index is 2.75. The van der Waals surface area contributed by atoms with E-state index in [0.29, 0.717) is 6.54 Å². The van der Waals surface area contributed by atoms with Gasteiger partial charge in [-0.2, -0.15) is 0 Å². The van der Waals surface area contributed by atoms with Gasteiger partial charge in [-0.3, -0.25) is 4.79 Å². The molecule has 0 aliphatic heterocycles. The van der Waals surface area contributed by atoms with E-state index in [1.54, 1.807) is 7.11 Å². The van der Waals surface area contributed by atoms with Gasteiger partial charge in [-0.05, 0) is 29.7 Å². The molecule has 18 heavy (non-hydrogen) atoms. The minimum Gasteiger partial charge on any atom is -0.497 e. The molecule has 0 saturated carbocycles. The fourth-order valence-corrected chi connectivity index (χ4v) is 2.03. The SMILES string of the molecule is COc1ccc(Br)c(CN[C@H](C(=O)O)C(C)C)c1. The van der Waals surface area contributed by atoms with Crippen LogP contribution in [0.5, 0.6) is 5.75 Å². The van der Waals surface area contributed by atoms with E-state index in [0.717, 1.165) is 15.8 Å². The number of rotatable bonds is 6. The van der Waals surface area contributed by atoms with Crippen molar-refractivity contribution in [1.82, 2.24) is 5.32 Å². The van der Waals surface area contributed by atoms with Crippen molar-refractivity contribution in [2.45, 2.75) is 26.4 Å². The van der Waals surface area contributed by atoms with Crippen molar-refractivity contribution in [1.29, 1.82) is 0 Å². The average molecular weight is 316 g/mol. The van der Waals surface area contributed by atoms with E-state index >= 15 is 0 Å². The molecule has 0 spiro atoms. The van der Waals surface area contributed by atoms with E-state index in [1.165, 1.54) is 0 Å². The average Bonchev–Trinajstić information content (AvgIpc) is 2.30. The highest BCUT2D eigenvalue weighted by Gasteiger charge is 2.20. The maximum absolute atomic E-state index is 11.1. The predicted molar refractivity (Wildman–Crippen MR) is 73.8 cm³/mol. The largest absolute Gasteiger partial charge is 0.497 e. The maximum atomic E-state index is 11.1. The van der Waals surface area contributed by atoms with Crippen molar-refractivity contribution >= 4 is 21.9 Å². The van der Waals surface area contributed by atoms with Gasteiger partial charge in [-0.15, -0.1) is 0 Å². The first-order valence-corrected chi connectivity index (χ1v) is 6.53. The number of ether oxygens (including phenoxy) is 1. The third-order valence-electron chi connectivity index (χ3n) is 2.70. The summed E-state index contributed by atoms with van der Waals surface area (Å²) in [7, 11) is 1.61. The Morgan fingerprint density at radius 1 is 1.50 bits per heavy atom. The zero-order valence-electron chi connectivity index (χ0n) is 10.7. The third-order valence-corrected chi connectivity index (χ3v) is 3.47. The van der Waals surface area contributed by atoms with Gasteiger partial charge in [0, 0.05) is 11.0 Å². The Kier molecular flexibility index (Phi) is 5.62. The number of carboxylic acid groups (broad SMARTS) is 1. The molecule has 4 nitrogen and oxygen atoms in total. The second-order valence-electron chi connectivity index (χ2n) is 4.40. The van der Waals surface area contributed by atoms with Gasteiger partial charge in [0.25, 0.3) is 0 Å². The number of hydrogen-bond donors (Lipinski definition) is 2. The predicted octanol–water partition coefficient (Wildman–Crippen LogP) is 2.66. The quantitative estimate of drug-likeness (QED) is 0.847. The lowest BCUT2D eigenvalue weighted by molar-refractivity contribution is -0.140. The Morgan fingerprint density at radius 2 is 2.17 bits per heavy atom. The summed E-state index contributed by atoms with van der Waals surface area (Å²) in [6.07, 6.45) is 0. The summed E-state index contributed by atoms with van der Waals surface area (Å²) in [6.45, 7) is 4.24.